The zero-order valence-corrected chi connectivity index (χ0v) is 14.2. The number of benzene rings is 3. The Morgan fingerprint density at radius 3 is 2.58 bits per heavy atom. The lowest BCUT2D eigenvalue weighted by Gasteiger charge is -2.09. The Labute approximate surface area is 149 Å². The molecule has 0 unspecified atom stereocenters. The molecule has 0 fully saturated rings. The van der Waals surface area contributed by atoms with Crippen molar-refractivity contribution in [2.24, 2.45) is 5.73 Å². The number of primary amides is 1. The Morgan fingerprint density at radius 1 is 1.08 bits per heavy atom. The van der Waals surface area contributed by atoms with Crippen molar-refractivity contribution in [2.75, 3.05) is 0 Å². The van der Waals surface area contributed by atoms with E-state index in [4.69, 9.17) is 5.73 Å². The van der Waals surface area contributed by atoms with Gasteiger partial charge in [-0.05, 0) is 42.8 Å². The van der Waals surface area contributed by atoms with Gasteiger partial charge < -0.3 is 15.4 Å². The number of fused-ring (bicyclic) bond motifs is 3. The first kappa shape index (κ1) is 16.1. The summed E-state index contributed by atoms with van der Waals surface area (Å²) >= 11 is 0. The number of amides is 1. The molecule has 4 aromatic rings. The van der Waals surface area contributed by atoms with E-state index in [1.54, 1.807) is 36.4 Å². The lowest BCUT2D eigenvalue weighted by molar-refractivity contribution is 0.100. The predicted molar refractivity (Wildman–Crippen MR) is 99.9 cm³/mol. The molecule has 26 heavy (non-hydrogen) atoms. The molecule has 4 rings (SSSR count). The third-order valence-corrected chi connectivity index (χ3v) is 4.67. The highest BCUT2D eigenvalue weighted by atomic mass is 19.1. The summed E-state index contributed by atoms with van der Waals surface area (Å²) in [7, 11) is 0. The first-order chi connectivity index (χ1) is 12.5. The van der Waals surface area contributed by atoms with Gasteiger partial charge in [0.1, 0.15) is 11.6 Å². The van der Waals surface area contributed by atoms with E-state index in [1.165, 1.54) is 6.07 Å². The van der Waals surface area contributed by atoms with Crippen LogP contribution in [-0.2, 0) is 6.54 Å². The molecule has 0 saturated carbocycles. The van der Waals surface area contributed by atoms with Crippen molar-refractivity contribution in [1.82, 2.24) is 4.57 Å². The smallest absolute Gasteiger partial charge is 0.249 e. The summed E-state index contributed by atoms with van der Waals surface area (Å²) in [4.78, 5) is 11.9. The van der Waals surface area contributed by atoms with Crippen LogP contribution in [0, 0.1) is 12.7 Å². The van der Waals surface area contributed by atoms with Crippen molar-refractivity contribution in [3.05, 3.63) is 77.1 Å². The van der Waals surface area contributed by atoms with Crippen LogP contribution in [0.4, 0.5) is 4.39 Å². The first-order valence-corrected chi connectivity index (χ1v) is 8.25. The van der Waals surface area contributed by atoms with E-state index < -0.39 is 5.91 Å². The highest BCUT2D eigenvalue weighted by Crippen LogP contribution is 2.38. The number of phenolic OH excluding ortho intramolecular Hbond substituents is 1. The number of nitrogens with zero attached hydrogens (tertiary/aromatic N) is 1. The molecular formula is C21H17FN2O2. The maximum atomic E-state index is 14.2. The van der Waals surface area contributed by atoms with Gasteiger partial charge in [-0.25, -0.2) is 4.39 Å². The molecule has 4 nitrogen and oxygen atoms in total. The Morgan fingerprint density at radius 2 is 1.85 bits per heavy atom. The molecule has 1 heterocycles. The van der Waals surface area contributed by atoms with Crippen LogP contribution >= 0.6 is 0 Å². The maximum absolute atomic E-state index is 14.2. The molecule has 0 bridgehead atoms. The summed E-state index contributed by atoms with van der Waals surface area (Å²) in [6.45, 7) is 2.15. The summed E-state index contributed by atoms with van der Waals surface area (Å²) in [5, 5.41) is 11.7. The minimum Gasteiger partial charge on any atom is -0.507 e. The van der Waals surface area contributed by atoms with Crippen molar-refractivity contribution >= 4 is 27.7 Å². The zero-order chi connectivity index (χ0) is 18.4. The van der Waals surface area contributed by atoms with Gasteiger partial charge in [0.05, 0.1) is 23.0 Å². The van der Waals surface area contributed by atoms with Crippen LogP contribution < -0.4 is 5.73 Å². The van der Waals surface area contributed by atoms with Gasteiger partial charge in [0, 0.05) is 16.5 Å². The van der Waals surface area contributed by atoms with Gasteiger partial charge in [0.25, 0.3) is 0 Å². The fourth-order valence-corrected chi connectivity index (χ4v) is 3.55. The summed E-state index contributed by atoms with van der Waals surface area (Å²) in [5.41, 5.74) is 8.73. The Bertz CT molecular complexity index is 1180. The number of aromatic hydroxyl groups is 1. The topological polar surface area (TPSA) is 68.2 Å². The minimum atomic E-state index is -0.569. The summed E-state index contributed by atoms with van der Waals surface area (Å²) in [5.74, 6) is -0.795. The van der Waals surface area contributed by atoms with Gasteiger partial charge in [-0.1, -0.05) is 24.3 Å². The maximum Gasteiger partial charge on any atom is 0.249 e. The zero-order valence-electron chi connectivity index (χ0n) is 14.2. The number of carbonyl (C=O) groups is 1. The Kier molecular flexibility index (Phi) is 3.65. The first-order valence-electron chi connectivity index (χ1n) is 8.25. The van der Waals surface area contributed by atoms with Gasteiger partial charge in [0.2, 0.25) is 5.91 Å². The number of aromatic nitrogens is 1. The van der Waals surface area contributed by atoms with E-state index in [0.717, 1.165) is 16.6 Å². The quantitative estimate of drug-likeness (QED) is 0.585. The molecule has 3 N–H and O–H groups in total. The normalized spacial score (nSPS) is 11.3. The van der Waals surface area contributed by atoms with Crippen molar-refractivity contribution < 1.29 is 14.3 Å². The highest BCUT2D eigenvalue weighted by Gasteiger charge is 2.19. The highest BCUT2D eigenvalue weighted by molar-refractivity contribution is 6.19. The van der Waals surface area contributed by atoms with Crippen LogP contribution in [0.25, 0.3) is 21.8 Å². The number of hydrogen-bond acceptors (Lipinski definition) is 2. The SMILES string of the molecule is Cc1cc(O)c2c3c(C(N)=O)cccc3n(Cc3ccccc3F)c2c1. The summed E-state index contributed by atoms with van der Waals surface area (Å²) in [6.07, 6.45) is 0. The molecule has 0 spiro atoms. The molecule has 0 aliphatic rings. The molecule has 130 valence electrons. The fourth-order valence-electron chi connectivity index (χ4n) is 3.55. The lowest BCUT2D eigenvalue weighted by Crippen LogP contribution is -2.11. The van der Waals surface area contributed by atoms with E-state index in [1.807, 2.05) is 23.6 Å². The van der Waals surface area contributed by atoms with Crippen LogP contribution in [0.1, 0.15) is 21.5 Å². The second kappa shape index (κ2) is 5.88. The molecule has 0 aliphatic heterocycles. The second-order valence-electron chi connectivity index (χ2n) is 6.42. The van der Waals surface area contributed by atoms with E-state index >= 15 is 0 Å². The van der Waals surface area contributed by atoms with E-state index in [-0.39, 0.29) is 18.1 Å². The number of phenols is 1. The minimum absolute atomic E-state index is 0.0750. The number of rotatable bonds is 3. The van der Waals surface area contributed by atoms with Gasteiger partial charge in [-0.3, -0.25) is 4.79 Å². The molecule has 0 radical (unpaired) electrons. The Balaban J connectivity index is 2.13. The Hall–Kier alpha value is -3.34. The summed E-state index contributed by atoms with van der Waals surface area (Å²) < 4.78 is 16.1. The molecule has 0 atom stereocenters. The van der Waals surface area contributed by atoms with Crippen molar-refractivity contribution in [3.63, 3.8) is 0 Å². The van der Waals surface area contributed by atoms with Crippen LogP contribution in [-0.4, -0.2) is 15.6 Å². The molecule has 1 aromatic heterocycles. The lowest BCUT2D eigenvalue weighted by atomic mass is 10.0. The summed E-state index contributed by atoms with van der Waals surface area (Å²) in [6, 6.07) is 15.3. The number of carbonyl (C=O) groups excluding carboxylic acids is 1. The van der Waals surface area contributed by atoms with Crippen LogP contribution in [0.5, 0.6) is 5.75 Å². The number of hydrogen-bond donors (Lipinski definition) is 2. The predicted octanol–water partition coefficient (Wildman–Crippen LogP) is 4.09. The molecule has 0 saturated heterocycles. The molecule has 0 aliphatic carbocycles. The average molecular weight is 348 g/mol. The standard InChI is InChI=1S/C21H17FN2O2/c1-12-9-17-20(18(25)10-12)19-14(21(23)26)6-4-8-16(19)24(17)11-13-5-2-3-7-15(13)22/h2-10,25H,11H2,1H3,(H2,23,26). The van der Waals surface area contributed by atoms with Crippen LogP contribution in [0.2, 0.25) is 0 Å². The van der Waals surface area contributed by atoms with Crippen molar-refractivity contribution in [2.45, 2.75) is 13.5 Å². The van der Waals surface area contributed by atoms with E-state index in [9.17, 15) is 14.3 Å². The van der Waals surface area contributed by atoms with Gasteiger partial charge in [-0.2, -0.15) is 0 Å². The second-order valence-corrected chi connectivity index (χ2v) is 6.42. The van der Waals surface area contributed by atoms with Gasteiger partial charge in [0.15, 0.2) is 0 Å². The number of nitrogens with two attached hydrogens (primary N) is 1. The van der Waals surface area contributed by atoms with Gasteiger partial charge in [-0.15, -0.1) is 0 Å². The van der Waals surface area contributed by atoms with Gasteiger partial charge >= 0.3 is 0 Å². The van der Waals surface area contributed by atoms with Crippen molar-refractivity contribution in [1.29, 1.82) is 0 Å². The molecule has 5 heteroatoms. The van der Waals surface area contributed by atoms with Crippen LogP contribution in [0.15, 0.2) is 54.6 Å². The van der Waals surface area contributed by atoms with Crippen LogP contribution in [0.3, 0.4) is 0 Å². The monoisotopic (exact) mass is 348 g/mol. The molecular weight excluding hydrogens is 331 g/mol. The van der Waals surface area contributed by atoms with E-state index in [2.05, 4.69) is 0 Å². The molecule has 3 aromatic carbocycles. The van der Waals surface area contributed by atoms with E-state index in [0.29, 0.717) is 21.9 Å². The largest absolute Gasteiger partial charge is 0.507 e. The molecule has 1 amide bonds. The number of halogens is 1. The van der Waals surface area contributed by atoms with Crippen molar-refractivity contribution in [3.8, 4) is 5.75 Å². The number of aryl methyl sites for hydroxylation is 1. The third kappa shape index (κ3) is 2.40. The average Bonchev–Trinajstić information content (AvgIpc) is 2.90. The third-order valence-electron chi connectivity index (χ3n) is 4.67. The fraction of sp³-hybridized carbons (Fsp3) is 0.0952.